The van der Waals surface area contributed by atoms with E-state index in [9.17, 15) is 9.59 Å². The van der Waals surface area contributed by atoms with Crippen LogP contribution in [0.3, 0.4) is 0 Å². The summed E-state index contributed by atoms with van der Waals surface area (Å²) < 4.78 is 0. The lowest BCUT2D eigenvalue weighted by Crippen LogP contribution is -2.35. The number of benzene rings is 2. The van der Waals surface area contributed by atoms with Crippen molar-refractivity contribution in [2.45, 2.75) is 24.7 Å². The minimum absolute atomic E-state index is 0.0270. The summed E-state index contributed by atoms with van der Waals surface area (Å²) in [6, 6.07) is 14.2. The highest BCUT2D eigenvalue weighted by atomic mass is 35.5. The summed E-state index contributed by atoms with van der Waals surface area (Å²) in [6.45, 7) is 0.483. The molecule has 3 rings (SSSR count). The fraction of sp³-hybridized carbons (Fsp3) is 0.263. The monoisotopic (exact) mass is 343 g/mol. The largest absolute Gasteiger partial charge is 0.478 e. The van der Waals surface area contributed by atoms with Crippen LogP contribution < -0.4 is 5.32 Å². The Kier molecular flexibility index (Phi) is 4.58. The molecule has 1 amide bonds. The highest BCUT2D eigenvalue weighted by molar-refractivity contribution is 6.30. The van der Waals surface area contributed by atoms with Crippen molar-refractivity contribution in [2.75, 3.05) is 6.54 Å². The van der Waals surface area contributed by atoms with Crippen LogP contribution in [0.4, 0.5) is 0 Å². The number of hydrogen-bond acceptors (Lipinski definition) is 2. The lowest BCUT2D eigenvalue weighted by molar-refractivity contribution is -0.123. The zero-order chi connectivity index (χ0) is 17.2. The normalized spacial score (nSPS) is 14.9. The van der Waals surface area contributed by atoms with Gasteiger partial charge in [-0.2, -0.15) is 0 Å². The Labute approximate surface area is 145 Å². The SMILES string of the molecule is O=C(O)c1cccc(CCNC(=O)C2(c3ccc(Cl)cc3)CC2)c1. The highest BCUT2D eigenvalue weighted by Crippen LogP contribution is 2.48. The van der Waals surface area contributed by atoms with Crippen LogP contribution in [-0.2, 0) is 16.6 Å². The maximum absolute atomic E-state index is 12.5. The van der Waals surface area contributed by atoms with E-state index >= 15 is 0 Å². The lowest BCUT2D eigenvalue weighted by Gasteiger charge is -2.16. The molecule has 0 bridgehead atoms. The molecule has 0 spiro atoms. The number of carbonyl (C=O) groups is 2. The van der Waals surface area contributed by atoms with Crippen LogP contribution in [0.15, 0.2) is 48.5 Å². The molecular formula is C19H18ClNO3. The predicted molar refractivity (Wildman–Crippen MR) is 92.5 cm³/mol. The molecule has 0 aromatic heterocycles. The Morgan fingerprint density at radius 2 is 1.83 bits per heavy atom. The van der Waals surface area contributed by atoms with Crippen LogP contribution in [0.1, 0.15) is 34.3 Å². The second kappa shape index (κ2) is 6.65. The summed E-state index contributed by atoms with van der Waals surface area (Å²) in [5.74, 6) is -0.917. The summed E-state index contributed by atoms with van der Waals surface area (Å²) in [4.78, 5) is 23.5. The van der Waals surface area contributed by atoms with Crippen molar-refractivity contribution in [3.05, 3.63) is 70.2 Å². The summed E-state index contributed by atoms with van der Waals surface area (Å²) in [7, 11) is 0. The quantitative estimate of drug-likeness (QED) is 0.844. The van der Waals surface area contributed by atoms with Crippen LogP contribution in [0, 0.1) is 0 Å². The molecule has 0 heterocycles. The number of amides is 1. The van der Waals surface area contributed by atoms with Crippen molar-refractivity contribution in [1.29, 1.82) is 0 Å². The van der Waals surface area contributed by atoms with Crippen LogP contribution in [0.2, 0.25) is 5.02 Å². The van der Waals surface area contributed by atoms with Crippen molar-refractivity contribution >= 4 is 23.5 Å². The molecule has 2 aromatic rings. The van der Waals surface area contributed by atoms with E-state index in [-0.39, 0.29) is 11.5 Å². The number of carboxylic acid groups (broad SMARTS) is 1. The Morgan fingerprint density at radius 1 is 1.12 bits per heavy atom. The number of carboxylic acids is 1. The first-order chi connectivity index (χ1) is 11.5. The first-order valence-electron chi connectivity index (χ1n) is 7.88. The van der Waals surface area contributed by atoms with Crippen molar-refractivity contribution < 1.29 is 14.7 Å². The number of aromatic carboxylic acids is 1. The van der Waals surface area contributed by atoms with Gasteiger partial charge in [-0.05, 0) is 54.7 Å². The van der Waals surface area contributed by atoms with Gasteiger partial charge in [-0.1, -0.05) is 35.9 Å². The maximum Gasteiger partial charge on any atom is 0.335 e. The molecule has 124 valence electrons. The van der Waals surface area contributed by atoms with E-state index in [4.69, 9.17) is 16.7 Å². The van der Waals surface area contributed by atoms with Crippen LogP contribution in [-0.4, -0.2) is 23.5 Å². The number of hydrogen-bond donors (Lipinski definition) is 2. The zero-order valence-corrected chi connectivity index (χ0v) is 13.8. The van der Waals surface area contributed by atoms with Crippen LogP contribution in [0.25, 0.3) is 0 Å². The zero-order valence-electron chi connectivity index (χ0n) is 13.1. The molecule has 1 aliphatic carbocycles. The molecule has 5 heteroatoms. The van der Waals surface area contributed by atoms with E-state index in [1.807, 2.05) is 30.3 Å². The first-order valence-corrected chi connectivity index (χ1v) is 8.26. The van der Waals surface area contributed by atoms with E-state index < -0.39 is 11.4 Å². The van der Waals surface area contributed by atoms with Gasteiger partial charge in [0.1, 0.15) is 0 Å². The predicted octanol–water partition coefficient (Wildman–Crippen LogP) is 3.43. The molecule has 0 unspecified atom stereocenters. The van der Waals surface area contributed by atoms with Gasteiger partial charge in [-0.25, -0.2) is 4.79 Å². The van der Waals surface area contributed by atoms with Gasteiger partial charge in [0.25, 0.3) is 0 Å². The minimum atomic E-state index is -0.944. The van der Waals surface area contributed by atoms with Gasteiger partial charge >= 0.3 is 5.97 Å². The van der Waals surface area contributed by atoms with Crippen molar-refractivity contribution in [3.63, 3.8) is 0 Å². The molecule has 1 fully saturated rings. The van der Waals surface area contributed by atoms with E-state index in [1.165, 1.54) is 0 Å². The van der Waals surface area contributed by atoms with Gasteiger partial charge in [0.05, 0.1) is 11.0 Å². The Bertz CT molecular complexity index is 766. The van der Waals surface area contributed by atoms with E-state index in [0.717, 1.165) is 24.0 Å². The van der Waals surface area contributed by atoms with E-state index in [2.05, 4.69) is 5.32 Å². The average molecular weight is 344 g/mol. The smallest absolute Gasteiger partial charge is 0.335 e. The third-order valence-corrected chi connectivity index (χ3v) is 4.71. The molecular weight excluding hydrogens is 326 g/mol. The third kappa shape index (κ3) is 3.44. The second-order valence-corrected chi connectivity index (χ2v) is 6.54. The molecule has 24 heavy (non-hydrogen) atoms. The summed E-state index contributed by atoms with van der Waals surface area (Å²) in [5, 5.41) is 12.6. The molecule has 2 aromatic carbocycles. The van der Waals surface area contributed by atoms with Gasteiger partial charge in [-0.3, -0.25) is 4.79 Å². The van der Waals surface area contributed by atoms with Gasteiger partial charge in [0.15, 0.2) is 0 Å². The maximum atomic E-state index is 12.5. The van der Waals surface area contributed by atoms with Gasteiger partial charge in [0, 0.05) is 11.6 Å². The van der Waals surface area contributed by atoms with Gasteiger partial charge in [-0.15, -0.1) is 0 Å². The molecule has 1 aliphatic rings. The van der Waals surface area contributed by atoms with E-state index in [1.54, 1.807) is 18.2 Å². The van der Waals surface area contributed by atoms with Crippen molar-refractivity contribution in [2.24, 2.45) is 0 Å². The van der Waals surface area contributed by atoms with Gasteiger partial charge in [0.2, 0.25) is 5.91 Å². The summed E-state index contributed by atoms with van der Waals surface area (Å²) >= 11 is 5.91. The summed E-state index contributed by atoms with van der Waals surface area (Å²) in [6.07, 6.45) is 2.29. The fourth-order valence-electron chi connectivity index (χ4n) is 2.89. The molecule has 0 atom stereocenters. The molecule has 0 saturated heterocycles. The molecule has 0 radical (unpaired) electrons. The molecule has 4 nitrogen and oxygen atoms in total. The standard InChI is InChI=1S/C19H18ClNO3/c20-16-6-4-15(5-7-16)19(9-10-19)18(24)21-11-8-13-2-1-3-14(12-13)17(22)23/h1-7,12H,8-11H2,(H,21,24)(H,22,23). The third-order valence-electron chi connectivity index (χ3n) is 4.45. The number of nitrogens with one attached hydrogen (secondary N) is 1. The molecule has 0 aliphatic heterocycles. The Morgan fingerprint density at radius 3 is 2.46 bits per heavy atom. The molecule has 2 N–H and O–H groups in total. The van der Waals surface area contributed by atoms with Gasteiger partial charge < -0.3 is 10.4 Å². The minimum Gasteiger partial charge on any atom is -0.478 e. The summed E-state index contributed by atoms with van der Waals surface area (Å²) in [5.41, 5.74) is 1.73. The van der Waals surface area contributed by atoms with Crippen LogP contribution in [0.5, 0.6) is 0 Å². The number of rotatable bonds is 6. The van der Waals surface area contributed by atoms with Crippen LogP contribution >= 0.6 is 11.6 Å². The van der Waals surface area contributed by atoms with Crippen molar-refractivity contribution in [3.8, 4) is 0 Å². The number of carbonyl (C=O) groups excluding carboxylic acids is 1. The topological polar surface area (TPSA) is 66.4 Å². The average Bonchev–Trinajstić information content (AvgIpc) is 3.37. The van der Waals surface area contributed by atoms with E-state index in [0.29, 0.717) is 18.0 Å². The number of halogens is 1. The first kappa shape index (κ1) is 16.5. The van der Waals surface area contributed by atoms with Crippen molar-refractivity contribution in [1.82, 2.24) is 5.32 Å². The Balaban J connectivity index is 1.59. The lowest BCUT2D eigenvalue weighted by atomic mass is 9.95. The molecule has 1 saturated carbocycles. The fourth-order valence-corrected chi connectivity index (χ4v) is 3.02. The Hall–Kier alpha value is -2.33. The second-order valence-electron chi connectivity index (χ2n) is 6.10. The highest BCUT2D eigenvalue weighted by Gasteiger charge is 2.50.